The first kappa shape index (κ1) is 29.8. The van der Waals surface area contributed by atoms with Gasteiger partial charge in [0, 0.05) is 6.42 Å². The Kier molecular flexibility index (Phi) is 12.3. The summed E-state index contributed by atoms with van der Waals surface area (Å²) in [6.45, 7) is 2.11. The molecule has 1 aromatic rings. The Bertz CT molecular complexity index is 713. The number of para-hydroxylation sites is 1. The summed E-state index contributed by atoms with van der Waals surface area (Å²) < 4.78 is 90.2. The molecule has 1 unspecified atom stereocenters. The lowest BCUT2D eigenvalue weighted by Gasteiger charge is -2.39. The smallest absolute Gasteiger partial charge is 0.468 e. The fraction of sp³-hybridized carbons (Fsp3) is 0.714. The minimum atomic E-state index is -5.66. The Morgan fingerprint density at radius 1 is 0.818 bits per heavy atom. The van der Waals surface area contributed by atoms with Crippen molar-refractivity contribution in [3.05, 3.63) is 30.3 Å². The Labute approximate surface area is 190 Å². The number of ether oxygens (including phenoxy) is 1. The molecule has 0 saturated heterocycles. The van der Waals surface area contributed by atoms with Crippen LogP contribution in [0.5, 0.6) is 5.75 Å². The van der Waals surface area contributed by atoms with Crippen molar-refractivity contribution >= 4 is 7.82 Å². The summed E-state index contributed by atoms with van der Waals surface area (Å²) >= 11 is 0. The van der Waals surface area contributed by atoms with Crippen molar-refractivity contribution in [1.82, 2.24) is 0 Å². The first-order valence-electron chi connectivity index (χ1n) is 11.0. The molecule has 0 aliphatic heterocycles. The number of halogens is 5. The van der Waals surface area contributed by atoms with Crippen molar-refractivity contribution in [2.24, 2.45) is 0 Å². The van der Waals surface area contributed by atoms with Crippen molar-refractivity contribution in [3.63, 3.8) is 0 Å². The zero-order chi connectivity index (χ0) is 25.0. The van der Waals surface area contributed by atoms with Gasteiger partial charge in [-0.2, -0.15) is 22.0 Å². The van der Waals surface area contributed by atoms with E-state index in [0.717, 1.165) is 57.1 Å². The van der Waals surface area contributed by atoms with Crippen molar-refractivity contribution in [3.8, 4) is 5.75 Å². The summed E-state index contributed by atoms with van der Waals surface area (Å²) in [4.78, 5) is 20.6. The van der Waals surface area contributed by atoms with E-state index < -0.39 is 37.9 Å². The molecule has 1 atom stereocenters. The third-order valence-electron chi connectivity index (χ3n) is 5.08. The predicted molar refractivity (Wildman–Crippen MR) is 111 cm³/mol. The third-order valence-corrected chi connectivity index (χ3v) is 5.35. The average molecular weight is 506 g/mol. The SMILES string of the molecule is CCCCCCCCCCCCC(Oc1ccccc1)(C(F)(F)F)C(F)(F)OOP(=O)(O)O. The van der Waals surface area contributed by atoms with Crippen LogP contribution in [0.4, 0.5) is 22.0 Å². The molecule has 2 N–H and O–H groups in total. The average Bonchev–Trinajstić information content (AvgIpc) is 2.72. The number of hydrogen-bond acceptors (Lipinski definition) is 4. The monoisotopic (exact) mass is 506 g/mol. The van der Waals surface area contributed by atoms with E-state index in [2.05, 4.69) is 16.5 Å². The number of rotatable bonds is 17. The van der Waals surface area contributed by atoms with E-state index in [1.807, 2.05) is 0 Å². The van der Waals surface area contributed by atoms with E-state index in [1.54, 1.807) is 0 Å². The maximum atomic E-state index is 14.7. The minimum absolute atomic E-state index is 0.236. The second kappa shape index (κ2) is 13.6. The Morgan fingerprint density at radius 3 is 1.76 bits per heavy atom. The summed E-state index contributed by atoms with van der Waals surface area (Å²) in [5.41, 5.74) is -4.23. The highest BCUT2D eigenvalue weighted by atomic mass is 31.2. The van der Waals surface area contributed by atoms with Crippen LogP contribution < -0.4 is 4.74 Å². The Hall–Kier alpha value is -1.26. The van der Waals surface area contributed by atoms with Crippen LogP contribution in [-0.2, 0) is 14.1 Å². The summed E-state index contributed by atoms with van der Waals surface area (Å²) in [5.74, 6) is -0.513. The molecule has 192 valence electrons. The highest BCUT2D eigenvalue weighted by Gasteiger charge is 2.74. The van der Waals surface area contributed by atoms with Crippen LogP contribution in [-0.4, -0.2) is 27.7 Å². The number of hydrogen-bond donors (Lipinski definition) is 2. The molecule has 0 spiro atoms. The molecule has 0 aromatic heterocycles. The summed E-state index contributed by atoms with van der Waals surface area (Å²) in [7, 11) is -5.65. The van der Waals surface area contributed by atoms with E-state index in [-0.39, 0.29) is 12.8 Å². The van der Waals surface area contributed by atoms with Crippen LogP contribution in [0, 0.1) is 0 Å². The normalized spacial score (nSPS) is 14.8. The molecule has 33 heavy (non-hydrogen) atoms. The first-order chi connectivity index (χ1) is 15.3. The lowest BCUT2D eigenvalue weighted by atomic mass is 9.92. The summed E-state index contributed by atoms with van der Waals surface area (Å²) in [5, 5.41) is 0. The summed E-state index contributed by atoms with van der Waals surface area (Å²) in [6.07, 6.45) is -4.45. The van der Waals surface area contributed by atoms with Crippen LogP contribution in [0.2, 0.25) is 0 Å². The maximum Gasteiger partial charge on any atom is 0.497 e. The molecule has 0 aliphatic rings. The van der Waals surface area contributed by atoms with Gasteiger partial charge in [0.05, 0.1) is 0 Å². The van der Waals surface area contributed by atoms with Gasteiger partial charge < -0.3 is 14.5 Å². The Morgan fingerprint density at radius 2 is 1.30 bits per heavy atom. The van der Waals surface area contributed by atoms with Crippen LogP contribution >= 0.6 is 7.82 Å². The van der Waals surface area contributed by atoms with Gasteiger partial charge in [-0.05, 0) is 18.6 Å². The van der Waals surface area contributed by atoms with E-state index in [4.69, 9.17) is 14.5 Å². The zero-order valence-corrected chi connectivity index (χ0v) is 19.4. The highest BCUT2D eigenvalue weighted by molar-refractivity contribution is 7.46. The molecule has 0 amide bonds. The second-order valence-corrected chi connectivity index (χ2v) is 8.97. The van der Waals surface area contributed by atoms with E-state index >= 15 is 0 Å². The number of benzene rings is 1. The van der Waals surface area contributed by atoms with Crippen molar-refractivity contribution in [1.29, 1.82) is 0 Å². The van der Waals surface area contributed by atoms with Gasteiger partial charge in [-0.1, -0.05) is 82.9 Å². The lowest BCUT2D eigenvalue weighted by Crippen LogP contribution is -2.63. The number of phosphoric acid groups is 1. The van der Waals surface area contributed by atoms with Gasteiger partial charge in [0.25, 0.3) is 5.60 Å². The largest absolute Gasteiger partial charge is 0.497 e. The van der Waals surface area contributed by atoms with Gasteiger partial charge in [0.15, 0.2) is 0 Å². The van der Waals surface area contributed by atoms with Crippen LogP contribution in [0.1, 0.15) is 77.6 Å². The molecular weight excluding hydrogens is 474 g/mol. The second-order valence-electron chi connectivity index (χ2n) is 7.84. The van der Waals surface area contributed by atoms with Gasteiger partial charge >= 0.3 is 20.1 Å². The highest BCUT2D eigenvalue weighted by Crippen LogP contribution is 2.51. The van der Waals surface area contributed by atoms with Crippen LogP contribution in [0.25, 0.3) is 0 Å². The molecule has 12 heteroatoms. The molecular formula is C21H32F5O6P. The van der Waals surface area contributed by atoms with Crippen molar-refractivity contribution < 1.29 is 50.6 Å². The number of unbranched alkanes of at least 4 members (excludes halogenated alkanes) is 9. The number of alkyl halides is 5. The topological polar surface area (TPSA) is 85.2 Å². The van der Waals surface area contributed by atoms with Gasteiger partial charge in [0.1, 0.15) is 5.75 Å². The Balaban J connectivity index is 2.89. The van der Waals surface area contributed by atoms with E-state index in [0.29, 0.717) is 6.42 Å². The van der Waals surface area contributed by atoms with Crippen molar-refractivity contribution in [2.45, 2.75) is 95.4 Å². The third kappa shape index (κ3) is 10.3. The molecule has 6 nitrogen and oxygen atoms in total. The van der Waals surface area contributed by atoms with Gasteiger partial charge in [0.2, 0.25) is 0 Å². The van der Waals surface area contributed by atoms with Crippen molar-refractivity contribution in [2.75, 3.05) is 0 Å². The quantitative estimate of drug-likeness (QED) is 0.0758. The molecule has 0 radical (unpaired) electrons. The molecule has 0 fully saturated rings. The molecule has 0 aliphatic carbocycles. The zero-order valence-electron chi connectivity index (χ0n) is 18.5. The van der Waals surface area contributed by atoms with Gasteiger partial charge in [-0.25, -0.2) is 4.57 Å². The molecule has 0 saturated carbocycles. The first-order valence-corrected chi connectivity index (χ1v) is 12.5. The fourth-order valence-corrected chi connectivity index (χ4v) is 3.53. The minimum Gasteiger partial charge on any atom is -0.468 e. The molecule has 1 rings (SSSR count). The lowest BCUT2D eigenvalue weighted by molar-refractivity contribution is -0.474. The molecule has 0 bridgehead atoms. The predicted octanol–water partition coefficient (Wildman–Crippen LogP) is 7.31. The molecule has 0 heterocycles. The van der Waals surface area contributed by atoms with Gasteiger partial charge in [-0.3, -0.25) is 0 Å². The fourth-order valence-electron chi connectivity index (χ4n) is 3.33. The standard InChI is InChI=1S/C21H32F5O6P/c1-2-3-4-5-6-7-8-9-10-14-17-19(20(22,23)24,30-18-15-12-11-13-16-18)21(25,26)31-32-33(27,28)29/h11-13,15-16H,2-10,14,17H2,1H3,(H2,27,28,29). The molecule has 1 aromatic carbocycles. The van der Waals surface area contributed by atoms with Gasteiger partial charge in [-0.15, -0.1) is 9.56 Å². The van der Waals surface area contributed by atoms with Crippen LogP contribution in [0.15, 0.2) is 30.3 Å². The summed E-state index contributed by atoms with van der Waals surface area (Å²) in [6, 6.07) is 6.15. The van der Waals surface area contributed by atoms with E-state index in [1.165, 1.54) is 18.2 Å². The van der Waals surface area contributed by atoms with E-state index in [9.17, 15) is 26.5 Å². The van der Waals surface area contributed by atoms with Crippen LogP contribution in [0.3, 0.4) is 0 Å². The maximum absolute atomic E-state index is 14.7.